The van der Waals surface area contributed by atoms with Crippen molar-refractivity contribution in [2.24, 2.45) is 5.84 Å². The Morgan fingerprint density at radius 3 is 2.88 bits per heavy atom. The Morgan fingerprint density at radius 2 is 2.18 bits per heavy atom. The van der Waals surface area contributed by atoms with Gasteiger partial charge in [-0.2, -0.15) is 0 Å². The van der Waals surface area contributed by atoms with Gasteiger partial charge in [-0.25, -0.2) is 15.8 Å². The molecule has 0 saturated heterocycles. The van der Waals surface area contributed by atoms with Crippen LogP contribution in [-0.2, 0) is 5.75 Å². The molecule has 2 aromatic rings. The number of hydrogen-bond acceptors (Lipinski definition) is 6. The molecule has 0 aromatic carbocycles. The van der Waals surface area contributed by atoms with Crippen LogP contribution in [0.4, 0.5) is 0 Å². The van der Waals surface area contributed by atoms with E-state index in [4.69, 9.17) is 10.3 Å². The van der Waals surface area contributed by atoms with Gasteiger partial charge in [0.2, 0.25) is 0 Å². The van der Waals surface area contributed by atoms with Crippen molar-refractivity contribution in [3.05, 3.63) is 42.1 Å². The number of hydrazine groups is 1. The predicted molar refractivity (Wildman–Crippen MR) is 62.0 cm³/mol. The lowest BCUT2D eigenvalue weighted by atomic mass is 10.4. The number of nitrogens with zero attached hydrogens (tertiary/aromatic N) is 2. The van der Waals surface area contributed by atoms with E-state index < -0.39 is 5.91 Å². The standard InChI is InChI=1S/C10H10N4O2S/c11-14-9(15)8-3-2-7(16-8)6-17-10-12-4-1-5-13-10/h1-5H,6,11H2,(H,14,15). The topological polar surface area (TPSA) is 94.0 Å². The quantitative estimate of drug-likeness (QED) is 0.276. The van der Waals surface area contributed by atoms with Crippen LogP contribution in [0, 0.1) is 0 Å². The molecule has 2 rings (SSSR count). The van der Waals surface area contributed by atoms with Crippen molar-refractivity contribution in [1.82, 2.24) is 15.4 Å². The van der Waals surface area contributed by atoms with Crippen LogP contribution >= 0.6 is 11.8 Å². The molecule has 0 saturated carbocycles. The zero-order valence-corrected chi connectivity index (χ0v) is 9.61. The molecular formula is C10H10N4O2S. The maximum absolute atomic E-state index is 11.1. The minimum absolute atomic E-state index is 0.192. The van der Waals surface area contributed by atoms with Crippen molar-refractivity contribution in [2.75, 3.05) is 0 Å². The first-order chi connectivity index (χ1) is 8.29. The normalized spacial score (nSPS) is 10.2. The second kappa shape index (κ2) is 5.46. The molecule has 0 unspecified atom stereocenters. The molecule has 17 heavy (non-hydrogen) atoms. The molecule has 0 aliphatic carbocycles. The molecule has 2 aromatic heterocycles. The van der Waals surface area contributed by atoms with E-state index in [9.17, 15) is 4.79 Å². The van der Waals surface area contributed by atoms with Gasteiger partial charge in [0.05, 0.1) is 5.75 Å². The Kier molecular flexibility index (Phi) is 3.73. The summed E-state index contributed by atoms with van der Waals surface area (Å²) < 4.78 is 5.29. The lowest BCUT2D eigenvalue weighted by Crippen LogP contribution is -2.29. The van der Waals surface area contributed by atoms with E-state index in [1.165, 1.54) is 11.8 Å². The highest BCUT2D eigenvalue weighted by molar-refractivity contribution is 7.98. The third-order valence-electron chi connectivity index (χ3n) is 1.90. The number of nitrogen functional groups attached to an aromatic ring is 1. The van der Waals surface area contributed by atoms with E-state index in [1.807, 2.05) is 5.43 Å². The molecule has 0 spiro atoms. The van der Waals surface area contributed by atoms with Crippen molar-refractivity contribution in [2.45, 2.75) is 10.9 Å². The molecule has 0 fully saturated rings. The van der Waals surface area contributed by atoms with Crippen molar-refractivity contribution < 1.29 is 9.21 Å². The third kappa shape index (κ3) is 3.05. The SMILES string of the molecule is NNC(=O)c1ccc(CSc2ncccn2)o1. The number of furan rings is 1. The Morgan fingerprint density at radius 1 is 1.41 bits per heavy atom. The average molecular weight is 250 g/mol. The number of carbonyl (C=O) groups is 1. The fourth-order valence-electron chi connectivity index (χ4n) is 1.14. The van der Waals surface area contributed by atoms with Gasteiger partial charge in [-0.3, -0.25) is 10.2 Å². The Labute approximate surface area is 102 Å². The van der Waals surface area contributed by atoms with Crippen LogP contribution in [0.3, 0.4) is 0 Å². The second-order valence-electron chi connectivity index (χ2n) is 3.06. The maximum atomic E-state index is 11.1. The van der Waals surface area contributed by atoms with Gasteiger partial charge in [0, 0.05) is 12.4 Å². The average Bonchev–Trinajstić information content (AvgIpc) is 2.85. The lowest BCUT2D eigenvalue weighted by Gasteiger charge is -1.97. The highest BCUT2D eigenvalue weighted by Gasteiger charge is 2.09. The van der Waals surface area contributed by atoms with Crippen LogP contribution in [-0.4, -0.2) is 15.9 Å². The van der Waals surface area contributed by atoms with Crippen LogP contribution < -0.4 is 11.3 Å². The van der Waals surface area contributed by atoms with Gasteiger partial charge in [-0.05, 0) is 18.2 Å². The minimum Gasteiger partial charge on any atom is -0.455 e. The number of amides is 1. The maximum Gasteiger partial charge on any atom is 0.300 e. The van der Waals surface area contributed by atoms with E-state index >= 15 is 0 Å². The summed E-state index contributed by atoms with van der Waals surface area (Å²) in [5.74, 6) is 5.96. The second-order valence-corrected chi connectivity index (χ2v) is 4.00. The highest BCUT2D eigenvalue weighted by Crippen LogP contribution is 2.19. The van der Waals surface area contributed by atoms with Gasteiger partial charge in [-0.15, -0.1) is 0 Å². The summed E-state index contributed by atoms with van der Waals surface area (Å²) in [7, 11) is 0. The molecule has 3 N–H and O–H groups in total. The van der Waals surface area contributed by atoms with Crippen LogP contribution in [0.25, 0.3) is 0 Å². The number of rotatable bonds is 4. The van der Waals surface area contributed by atoms with Gasteiger partial charge < -0.3 is 4.42 Å². The molecule has 88 valence electrons. The number of nitrogens with two attached hydrogens (primary N) is 1. The molecule has 1 amide bonds. The summed E-state index contributed by atoms with van der Waals surface area (Å²) in [5, 5.41) is 0.661. The van der Waals surface area contributed by atoms with Gasteiger partial charge >= 0.3 is 5.91 Å². The third-order valence-corrected chi connectivity index (χ3v) is 2.80. The molecule has 2 heterocycles. The van der Waals surface area contributed by atoms with E-state index in [0.717, 1.165) is 0 Å². The van der Waals surface area contributed by atoms with Crippen molar-refractivity contribution in [1.29, 1.82) is 0 Å². The summed E-state index contributed by atoms with van der Waals surface area (Å²) in [6.45, 7) is 0. The predicted octanol–water partition coefficient (Wildman–Crippen LogP) is 0.965. The Hall–Kier alpha value is -1.86. The van der Waals surface area contributed by atoms with Crippen LogP contribution in [0.1, 0.15) is 16.3 Å². The number of carbonyl (C=O) groups excluding carboxylic acids is 1. The number of hydrogen-bond donors (Lipinski definition) is 2. The van der Waals surface area contributed by atoms with Gasteiger partial charge in [0.15, 0.2) is 10.9 Å². The molecule has 0 radical (unpaired) electrons. The summed E-state index contributed by atoms with van der Waals surface area (Å²) in [5.41, 5.74) is 2.00. The summed E-state index contributed by atoms with van der Waals surface area (Å²) in [4.78, 5) is 19.3. The van der Waals surface area contributed by atoms with E-state index in [0.29, 0.717) is 16.7 Å². The van der Waals surface area contributed by atoms with E-state index in [-0.39, 0.29) is 5.76 Å². The molecule has 7 heteroatoms. The minimum atomic E-state index is -0.447. The Bertz CT molecular complexity index is 500. The zero-order chi connectivity index (χ0) is 12.1. The van der Waals surface area contributed by atoms with Crippen molar-refractivity contribution >= 4 is 17.7 Å². The van der Waals surface area contributed by atoms with Crippen molar-refractivity contribution in [3.8, 4) is 0 Å². The first-order valence-electron chi connectivity index (χ1n) is 4.79. The summed E-state index contributed by atoms with van der Waals surface area (Å²) >= 11 is 1.43. The number of aromatic nitrogens is 2. The number of nitrogens with one attached hydrogen (secondary N) is 1. The molecule has 0 atom stereocenters. The molecule has 0 bridgehead atoms. The largest absolute Gasteiger partial charge is 0.455 e. The van der Waals surface area contributed by atoms with Crippen LogP contribution in [0.15, 0.2) is 40.2 Å². The number of thioether (sulfide) groups is 1. The monoisotopic (exact) mass is 250 g/mol. The fourth-order valence-corrected chi connectivity index (χ4v) is 1.84. The van der Waals surface area contributed by atoms with E-state index in [2.05, 4.69) is 9.97 Å². The van der Waals surface area contributed by atoms with Gasteiger partial charge in [0.1, 0.15) is 5.76 Å². The Balaban J connectivity index is 1.96. The van der Waals surface area contributed by atoms with Crippen molar-refractivity contribution in [3.63, 3.8) is 0 Å². The zero-order valence-electron chi connectivity index (χ0n) is 8.79. The first-order valence-corrected chi connectivity index (χ1v) is 5.77. The van der Waals surface area contributed by atoms with Crippen LogP contribution in [0.2, 0.25) is 0 Å². The highest BCUT2D eigenvalue weighted by atomic mass is 32.2. The molecule has 6 nitrogen and oxygen atoms in total. The molecular weight excluding hydrogens is 240 g/mol. The molecule has 0 aliphatic heterocycles. The van der Waals surface area contributed by atoms with Crippen LogP contribution in [0.5, 0.6) is 0 Å². The summed E-state index contributed by atoms with van der Waals surface area (Å²) in [6.07, 6.45) is 3.34. The summed E-state index contributed by atoms with van der Waals surface area (Å²) in [6, 6.07) is 5.05. The van der Waals surface area contributed by atoms with E-state index in [1.54, 1.807) is 30.6 Å². The lowest BCUT2D eigenvalue weighted by molar-refractivity contribution is 0.0924. The smallest absolute Gasteiger partial charge is 0.300 e. The fraction of sp³-hybridized carbons (Fsp3) is 0.100. The van der Waals surface area contributed by atoms with Gasteiger partial charge in [-0.1, -0.05) is 11.8 Å². The first kappa shape index (κ1) is 11.6. The molecule has 0 aliphatic rings. The van der Waals surface area contributed by atoms with Gasteiger partial charge in [0.25, 0.3) is 0 Å².